The molecule has 3 heteroatoms. The lowest BCUT2D eigenvalue weighted by Gasteiger charge is -2.53. The van der Waals surface area contributed by atoms with E-state index in [1.165, 1.54) is 75.3 Å². The third kappa shape index (κ3) is 4.30. The molecule has 3 nitrogen and oxygen atoms in total. The fourth-order valence-corrected chi connectivity index (χ4v) is 7.47. The Kier molecular flexibility index (Phi) is 7.09. The molecule has 0 radical (unpaired) electrons. The third-order valence-electron chi connectivity index (χ3n) is 9.11. The lowest BCUT2D eigenvalue weighted by molar-refractivity contribution is -0.0396. The van der Waals surface area contributed by atoms with Crippen molar-refractivity contribution in [2.75, 3.05) is 6.54 Å². The summed E-state index contributed by atoms with van der Waals surface area (Å²) in [6, 6.07) is 6.12. The Balaban J connectivity index is 1.43. The van der Waals surface area contributed by atoms with Crippen LogP contribution in [-0.2, 0) is 6.42 Å². The predicted octanol–water partition coefficient (Wildman–Crippen LogP) is 5.91. The topological polar surface area (TPSA) is 66.5 Å². The molecule has 6 atom stereocenters. The summed E-state index contributed by atoms with van der Waals surface area (Å²) in [7, 11) is 0. The Morgan fingerprint density at radius 1 is 1.00 bits per heavy atom. The van der Waals surface area contributed by atoms with E-state index in [0.717, 1.165) is 25.8 Å². The molecule has 0 spiro atoms. The van der Waals surface area contributed by atoms with Gasteiger partial charge in [0.05, 0.1) is 6.10 Å². The third-order valence-corrected chi connectivity index (χ3v) is 9.11. The molecule has 2 saturated carbocycles. The van der Waals surface area contributed by atoms with E-state index in [4.69, 9.17) is 5.73 Å². The van der Waals surface area contributed by atoms with Crippen LogP contribution in [0.4, 0.5) is 0 Å². The normalized spacial score (nSPS) is 35.0. The van der Waals surface area contributed by atoms with Crippen molar-refractivity contribution in [3.05, 3.63) is 29.3 Å². The van der Waals surface area contributed by atoms with E-state index in [1.54, 1.807) is 0 Å². The van der Waals surface area contributed by atoms with Gasteiger partial charge >= 0.3 is 0 Å². The Hall–Kier alpha value is -1.06. The van der Waals surface area contributed by atoms with Gasteiger partial charge in [0.1, 0.15) is 5.75 Å². The molecule has 4 rings (SSSR count). The van der Waals surface area contributed by atoms with Crippen molar-refractivity contribution in [3.8, 4) is 5.75 Å². The summed E-state index contributed by atoms with van der Waals surface area (Å²) < 4.78 is 0. The Morgan fingerprint density at radius 2 is 1.73 bits per heavy atom. The molecule has 1 aromatic carbocycles. The van der Waals surface area contributed by atoms with Gasteiger partial charge in [-0.1, -0.05) is 51.5 Å². The van der Waals surface area contributed by atoms with Gasteiger partial charge in [-0.15, -0.1) is 0 Å². The average molecular weight is 414 g/mol. The zero-order valence-electron chi connectivity index (χ0n) is 19.0. The number of aliphatic hydroxyl groups is 1. The molecule has 0 aromatic heterocycles. The molecule has 0 aliphatic heterocycles. The number of aromatic hydroxyl groups is 1. The maximum atomic E-state index is 10.8. The van der Waals surface area contributed by atoms with Crippen LogP contribution in [0, 0.1) is 23.2 Å². The summed E-state index contributed by atoms with van der Waals surface area (Å²) in [5.74, 6) is 3.12. The minimum atomic E-state index is -0.112. The highest BCUT2D eigenvalue weighted by Gasteiger charge is 2.56. The van der Waals surface area contributed by atoms with Crippen molar-refractivity contribution < 1.29 is 10.2 Å². The van der Waals surface area contributed by atoms with Gasteiger partial charge in [0.2, 0.25) is 0 Å². The van der Waals surface area contributed by atoms with Crippen LogP contribution in [-0.4, -0.2) is 22.9 Å². The first-order valence-electron chi connectivity index (χ1n) is 12.7. The molecule has 0 bridgehead atoms. The zero-order valence-corrected chi connectivity index (χ0v) is 19.0. The summed E-state index contributed by atoms with van der Waals surface area (Å²) in [6.07, 6.45) is 16.0. The molecule has 4 N–H and O–H groups in total. The Labute approximate surface area is 183 Å². The number of aliphatic hydroxyl groups excluding tert-OH is 1. The average Bonchev–Trinajstić information content (AvgIpc) is 3.04. The SMILES string of the molecule is C[C@]12CC[C@@H]3c4ccc(O)cc4CC(CCCCCCCCCN)[C@H]3[C@@H]1CC[C@H]2O. The van der Waals surface area contributed by atoms with Crippen LogP contribution in [0.1, 0.15) is 101 Å². The summed E-state index contributed by atoms with van der Waals surface area (Å²) in [5, 5.41) is 20.9. The number of phenolic OH excluding ortho intramolecular Hbond substituents is 1. The molecule has 1 aromatic rings. The van der Waals surface area contributed by atoms with Crippen LogP contribution in [0.3, 0.4) is 0 Å². The van der Waals surface area contributed by atoms with Crippen LogP contribution < -0.4 is 5.73 Å². The smallest absolute Gasteiger partial charge is 0.115 e. The zero-order chi connectivity index (χ0) is 21.1. The van der Waals surface area contributed by atoms with Gasteiger partial charge in [0.25, 0.3) is 0 Å². The maximum Gasteiger partial charge on any atom is 0.115 e. The highest BCUT2D eigenvalue weighted by Crippen LogP contribution is 2.62. The van der Waals surface area contributed by atoms with Gasteiger partial charge < -0.3 is 15.9 Å². The van der Waals surface area contributed by atoms with Crippen molar-refractivity contribution in [3.63, 3.8) is 0 Å². The molecule has 1 unspecified atom stereocenters. The van der Waals surface area contributed by atoms with Crippen LogP contribution in [0.5, 0.6) is 5.75 Å². The van der Waals surface area contributed by atoms with Gasteiger partial charge in [0, 0.05) is 0 Å². The van der Waals surface area contributed by atoms with E-state index >= 15 is 0 Å². The summed E-state index contributed by atoms with van der Waals surface area (Å²) in [6.45, 7) is 3.20. The minimum absolute atomic E-state index is 0.112. The number of nitrogens with two attached hydrogens (primary N) is 1. The van der Waals surface area contributed by atoms with Crippen molar-refractivity contribution in [2.24, 2.45) is 28.9 Å². The van der Waals surface area contributed by atoms with Crippen molar-refractivity contribution in [1.82, 2.24) is 0 Å². The Bertz CT molecular complexity index is 704. The molecule has 0 heterocycles. The summed E-state index contributed by atoms with van der Waals surface area (Å²) >= 11 is 0. The molecular weight excluding hydrogens is 370 g/mol. The largest absolute Gasteiger partial charge is 0.508 e. The Morgan fingerprint density at radius 3 is 2.50 bits per heavy atom. The summed E-state index contributed by atoms with van der Waals surface area (Å²) in [4.78, 5) is 0. The molecular formula is C27H43NO2. The predicted molar refractivity (Wildman–Crippen MR) is 124 cm³/mol. The van der Waals surface area contributed by atoms with Gasteiger partial charge in [-0.25, -0.2) is 0 Å². The van der Waals surface area contributed by atoms with Gasteiger partial charge in [0.15, 0.2) is 0 Å². The number of fused-ring (bicyclic) bond motifs is 5. The number of benzene rings is 1. The highest BCUT2D eigenvalue weighted by atomic mass is 16.3. The quantitative estimate of drug-likeness (QED) is 0.441. The second-order valence-corrected chi connectivity index (χ2v) is 10.8. The van der Waals surface area contributed by atoms with E-state index in [2.05, 4.69) is 13.0 Å². The molecule has 30 heavy (non-hydrogen) atoms. The number of hydrogen-bond donors (Lipinski definition) is 3. The van der Waals surface area contributed by atoms with Crippen LogP contribution in [0.25, 0.3) is 0 Å². The first-order chi connectivity index (χ1) is 14.5. The lowest BCUT2D eigenvalue weighted by Crippen LogP contribution is -2.47. The van der Waals surface area contributed by atoms with E-state index < -0.39 is 0 Å². The molecule has 168 valence electrons. The van der Waals surface area contributed by atoms with Gasteiger partial charge in [-0.05, 0) is 104 Å². The highest BCUT2D eigenvalue weighted by molar-refractivity contribution is 5.40. The molecule has 3 aliphatic rings. The fraction of sp³-hybridized carbons (Fsp3) is 0.778. The van der Waals surface area contributed by atoms with E-state index in [-0.39, 0.29) is 11.5 Å². The molecule has 0 amide bonds. The molecule has 3 aliphatic carbocycles. The maximum absolute atomic E-state index is 10.8. The fourth-order valence-electron chi connectivity index (χ4n) is 7.47. The lowest BCUT2D eigenvalue weighted by atomic mass is 9.52. The number of hydrogen-bond acceptors (Lipinski definition) is 3. The number of unbranched alkanes of at least 4 members (excludes halogenated alkanes) is 6. The number of phenols is 1. The van der Waals surface area contributed by atoms with E-state index in [1.807, 2.05) is 12.1 Å². The second-order valence-electron chi connectivity index (χ2n) is 10.8. The standard InChI is InChI=1S/C27H43NO2/c1-27-15-14-23-22-11-10-21(29)18-20(22)17-19(26(23)24(27)12-13-25(27)30)9-7-5-3-2-4-6-8-16-28/h10-11,18-19,23-26,29-30H,2-9,12-17,28H2,1H3/t19?,23-,24+,25-,26-,27+/m1/s1. The van der Waals surface area contributed by atoms with Crippen LogP contribution >= 0.6 is 0 Å². The minimum Gasteiger partial charge on any atom is -0.508 e. The van der Waals surface area contributed by atoms with Crippen LogP contribution in [0.2, 0.25) is 0 Å². The van der Waals surface area contributed by atoms with E-state index in [0.29, 0.717) is 29.4 Å². The van der Waals surface area contributed by atoms with Crippen molar-refractivity contribution >= 4 is 0 Å². The molecule has 2 fully saturated rings. The number of rotatable bonds is 9. The van der Waals surface area contributed by atoms with Crippen molar-refractivity contribution in [2.45, 2.75) is 102 Å². The van der Waals surface area contributed by atoms with Crippen LogP contribution in [0.15, 0.2) is 18.2 Å². The molecule has 0 saturated heterocycles. The first kappa shape index (κ1) is 22.1. The van der Waals surface area contributed by atoms with E-state index in [9.17, 15) is 10.2 Å². The first-order valence-corrected chi connectivity index (χ1v) is 12.7. The second kappa shape index (κ2) is 9.61. The monoisotopic (exact) mass is 413 g/mol. The van der Waals surface area contributed by atoms with Crippen molar-refractivity contribution in [1.29, 1.82) is 0 Å². The summed E-state index contributed by atoms with van der Waals surface area (Å²) in [5.41, 5.74) is 8.61. The van der Waals surface area contributed by atoms with Gasteiger partial charge in [-0.2, -0.15) is 0 Å². The van der Waals surface area contributed by atoms with Gasteiger partial charge in [-0.3, -0.25) is 0 Å².